The van der Waals surface area contributed by atoms with E-state index in [9.17, 15) is 0 Å². The van der Waals surface area contributed by atoms with Crippen LogP contribution in [0, 0.1) is 0 Å². The van der Waals surface area contributed by atoms with Gasteiger partial charge in [0, 0.05) is 0 Å². The van der Waals surface area contributed by atoms with Gasteiger partial charge in [0.1, 0.15) is 0 Å². The minimum Gasteiger partial charge on any atom is -2.00 e. The van der Waals surface area contributed by atoms with Gasteiger partial charge in [0.25, 0.3) is 0 Å². The molecule has 0 spiro atoms. The molecule has 0 aromatic heterocycles. The molecule has 0 unspecified atom stereocenters. The van der Waals surface area contributed by atoms with Gasteiger partial charge < -0.3 is 40.5 Å². The molecular weight excluding hydrogens is 280 g/mol. The van der Waals surface area contributed by atoms with E-state index in [4.69, 9.17) is 0 Å². The van der Waals surface area contributed by atoms with Gasteiger partial charge in [0.2, 0.25) is 0 Å². The predicted molar refractivity (Wildman–Crippen MR) is 22.1 cm³/mol. The van der Waals surface area contributed by atoms with Crippen molar-refractivity contribution < 1.29 is 21.1 Å². The van der Waals surface area contributed by atoms with Gasteiger partial charge in [0.05, 0.1) is 0 Å². The minimum atomic E-state index is 0. The quantitative estimate of drug-likeness (QED) is 0.585. The first-order valence-corrected chi connectivity index (χ1v) is 0. The zero-order chi connectivity index (χ0) is 0. The van der Waals surface area contributed by atoms with Gasteiger partial charge in [-0.05, 0) is 0 Å². The Morgan fingerprint density at radius 1 is 0.500 bits per heavy atom. The predicted octanol–water partition coefficient (Wildman–Crippen LogP) is -0.00970. The molecule has 0 radical (unpaired) electrons. The van der Waals surface area contributed by atoms with Crippen LogP contribution in [0.2, 0.25) is 0 Å². The summed E-state index contributed by atoms with van der Waals surface area (Å²) in [5.74, 6) is 0. The van der Waals surface area contributed by atoms with Gasteiger partial charge in [-0.2, -0.15) is 0 Å². The number of hydrogen-bond donors (Lipinski definition) is 0. The van der Waals surface area contributed by atoms with E-state index in [1.807, 2.05) is 0 Å². The van der Waals surface area contributed by atoms with Crippen molar-refractivity contribution in [3.8, 4) is 0 Å². The summed E-state index contributed by atoms with van der Waals surface area (Å²) in [6.07, 6.45) is 0. The second-order valence-electron chi connectivity index (χ2n) is 0. The Morgan fingerprint density at radius 2 is 0.500 bits per heavy atom. The summed E-state index contributed by atoms with van der Waals surface area (Å²) in [6.45, 7) is 0. The summed E-state index contributed by atoms with van der Waals surface area (Å²) in [5, 5.41) is 0. The van der Waals surface area contributed by atoms with Crippen LogP contribution in [0.1, 0.15) is 0 Å². The number of rotatable bonds is 0. The molecular formula is S3W. The van der Waals surface area contributed by atoms with Crippen molar-refractivity contribution in [3.63, 3.8) is 0 Å². The molecule has 0 aromatic carbocycles. The van der Waals surface area contributed by atoms with Crippen molar-refractivity contribution in [1.82, 2.24) is 0 Å². The molecule has 0 aliphatic heterocycles. The van der Waals surface area contributed by atoms with Crippen LogP contribution in [-0.2, 0) is 61.6 Å². The van der Waals surface area contributed by atoms with Crippen LogP contribution in [0.25, 0.3) is 0 Å². The van der Waals surface area contributed by atoms with Crippen molar-refractivity contribution in [2.24, 2.45) is 0 Å². The molecule has 4 heavy (non-hydrogen) atoms. The van der Waals surface area contributed by atoms with E-state index in [0.717, 1.165) is 0 Å². The van der Waals surface area contributed by atoms with Crippen molar-refractivity contribution in [3.05, 3.63) is 0 Å². The topological polar surface area (TPSA) is 0 Å². The van der Waals surface area contributed by atoms with Crippen molar-refractivity contribution in [2.45, 2.75) is 0 Å². The van der Waals surface area contributed by atoms with E-state index in [0.29, 0.717) is 0 Å². The minimum absolute atomic E-state index is 0. The summed E-state index contributed by atoms with van der Waals surface area (Å²) >= 11 is 0. The average Bonchev–Trinajstić information content (AvgIpc) is 0. The largest absolute Gasteiger partial charge is 6.00 e. The third-order valence-electron chi connectivity index (χ3n) is 0. The monoisotopic (exact) mass is 280 g/mol. The van der Waals surface area contributed by atoms with Crippen molar-refractivity contribution in [2.75, 3.05) is 0 Å². The molecule has 4 heteroatoms. The SMILES string of the molecule is [S-2].[S-2].[S-2].[W+6]. The molecule has 0 atom stereocenters. The van der Waals surface area contributed by atoms with E-state index in [2.05, 4.69) is 0 Å². The second-order valence-corrected chi connectivity index (χ2v) is 0. The summed E-state index contributed by atoms with van der Waals surface area (Å²) in [6, 6.07) is 0. The molecule has 0 saturated heterocycles. The molecule has 24 valence electrons. The molecule has 0 aromatic rings. The van der Waals surface area contributed by atoms with Crippen LogP contribution in [0.4, 0.5) is 0 Å². The molecule has 0 saturated carbocycles. The van der Waals surface area contributed by atoms with Crippen LogP contribution >= 0.6 is 0 Å². The van der Waals surface area contributed by atoms with Gasteiger partial charge in [-0.3, -0.25) is 0 Å². The summed E-state index contributed by atoms with van der Waals surface area (Å²) in [4.78, 5) is 0. The van der Waals surface area contributed by atoms with Gasteiger partial charge in [-0.1, -0.05) is 0 Å². The molecule has 0 amide bonds. The Kier molecular flexibility index (Phi) is 234. The van der Waals surface area contributed by atoms with Crippen molar-refractivity contribution in [1.29, 1.82) is 0 Å². The molecule has 0 nitrogen and oxygen atoms in total. The molecule has 0 N–H and O–H groups in total. The van der Waals surface area contributed by atoms with E-state index in [-0.39, 0.29) is 61.6 Å². The first-order valence-electron chi connectivity index (χ1n) is 0. The van der Waals surface area contributed by atoms with Crippen LogP contribution in [0.15, 0.2) is 0 Å². The van der Waals surface area contributed by atoms with E-state index in [1.54, 1.807) is 0 Å². The van der Waals surface area contributed by atoms with Gasteiger partial charge >= 0.3 is 21.1 Å². The fourth-order valence-corrected chi connectivity index (χ4v) is 0. The Bertz CT molecular complexity index is 3.25. The van der Waals surface area contributed by atoms with Crippen molar-refractivity contribution >= 4 is 40.5 Å². The Balaban J connectivity index is 0. The summed E-state index contributed by atoms with van der Waals surface area (Å²) in [7, 11) is 0. The fourth-order valence-electron chi connectivity index (χ4n) is 0. The maximum atomic E-state index is 0. The van der Waals surface area contributed by atoms with Crippen LogP contribution in [0.5, 0.6) is 0 Å². The zero-order valence-electron chi connectivity index (χ0n) is 1.63. The summed E-state index contributed by atoms with van der Waals surface area (Å²) < 4.78 is 0. The third kappa shape index (κ3) is 9.28. The summed E-state index contributed by atoms with van der Waals surface area (Å²) in [5.41, 5.74) is 0. The maximum absolute atomic E-state index is 0. The fraction of sp³-hybridized carbons (Fsp3) is 0. The van der Waals surface area contributed by atoms with E-state index < -0.39 is 0 Å². The van der Waals surface area contributed by atoms with Gasteiger partial charge in [-0.15, -0.1) is 0 Å². The van der Waals surface area contributed by atoms with Crippen LogP contribution in [-0.4, -0.2) is 0 Å². The van der Waals surface area contributed by atoms with Crippen LogP contribution in [0.3, 0.4) is 0 Å². The van der Waals surface area contributed by atoms with Gasteiger partial charge in [0.15, 0.2) is 0 Å². The second kappa shape index (κ2) is 21.9. The standard InChI is InChI=1S/3S.W/q3*-2;+6. The normalized spacial score (nSPS) is 0. The third-order valence-corrected chi connectivity index (χ3v) is 0. The Morgan fingerprint density at radius 3 is 0.500 bits per heavy atom. The smallest absolute Gasteiger partial charge is 2.00 e. The van der Waals surface area contributed by atoms with E-state index >= 15 is 0 Å². The molecule has 0 fully saturated rings. The molecule has 0 aliphatic rings. The Labute approximate surface area is 61.3 Å². The Hall–Kier alpha value is 1.74. The number of hydrogen-bond acceptors (Lipinski definition) is 0. The average molecular weight is 280 g/mol. The van der Waals surface area contributed by atoms with E-state index in [1.165, 1.54) is 0 Å². The first kappa shape index (κ1) is 42.6. The first-order chi connectivity index (χ1) is 0. The molecule has 0 heterocycles. The van der Waals surface area contributed by atoms with Gasteiger partial charge in [-0.25, -0.2) is 0 Å². The molecule has 0 rings (SSSR count). The zero-order valence-corrected chi connectivity index (χ0v) is 7.02. The molecule has 0 bridgehead atoms. The maximum Gasteiger partial charge on any atom is 6.00 e. The molecule has 0 aliphatic carbocycles. The van der Waals surface area contributed by atoms with Crippen LogP contribution < -0.4 is 0 Å².